The van der Waals surface area contributed by atoms with Gasteiger partial charge in [0.2, 0.25) is 0 Å². The van der Waals surface area contributed by atoms with Gasteiger partial charge in [0.05, 0.1) is 6.04 Å². The second-order valence-corrected chi connectivity index (χ2v) is 2.51. The van der Waals surface area contributed by atoms with Crippen molar-refractivity contribution in [3.8, 4) is 0 Å². The zero-order valence-electron chi connectivity index (χ0n) is 5.30. The molecule has 0 aliphatic carbocycles. The minimum absolute atomic E-state index is 0.485. The molecular weight excluding hydrogens is 112 g/mol. The fraction of sp³-hybridized carbons (Fsp3) is 0.571. The monoisotopic (exact) mass is 122 g/mol. The third-order valence-corrected chi connectivity index (χ3v) is 1.91. The Hall–Kier alpha value is -0.630. The number of fused-ring (bicyclic) bond motifs is 1. The van der Waals surface area contributed by atoms with Crippen LogP contribution in [0.2, 0.25) is 0 Å². The Labute approximate surface area is 54.7 Å². The van der Waals surface area contributed by atoms with Gasteiger partial charge in [0.1, 0.15) is 0 Å². The molecule has 1 N–H and O–H groups in total. The number of piperidine rings is 1. The Kier molecular flexibility index (Phi) is 1.12. The Morgan fingerprint density at radius 3 is 3.56 bits per heavy atom. The van der Waals surface area contributed by atoms with Crippen molar-refractivity contribution in [2.24, 2.45) is 4.99 Å². The van der Waals surface area contributed by atoms with Crippen LogP contribution in [0.3, 0.4) is 0 Å². The van der Waals surface area contributed by atoms with Gasteiger partial charge in [-0.25, -0.2) is 0 Å². The summed E-state index contributed by atoms with van der Waals surface area (Å²) in [4.78, 5) is 4.28. The number of aliphatic imine (C=N–C) groups is 1. The highest BCUT2D eigenvalue weighted by molar-refractivity contribution is 5.76. The molecule has 2 aliphatic heterocycles. The third kappa shape index (κ3) is 0.793. The number of rotatable bonds is 0. The van der Waals surface area contributed by atoms with Crippen molar-refractivity contribution >= 4 is 6.21 Å². The zero-order valence-corrected chi connectivity index (χ0v) is 5.30. The van der Waals surface area contributed by atoms with Gasteiger partial charge in [0.15, 0.2) is 0 Å². The molecule has 2 nitrogen and oxygen atoms in total. The Morgan fingerprint density at radius 1 is 1.67 bits per heavy atom. The second-order valence-electron chi connectivity index (χ2n) is 2.51. The molecule has 2 heterocycles. The van der Waals surface area contributed by atoms with E-state index >= 15 is 0 Å². The van der Waals surface area contributed by atoms with Gasteiger partial charge in [-0.05, 0) is 24.6 Å². The van der Waals surface area contributed by atoms with Crippen molar-refractivity contribution in [3.63, 3.8) is 0 Å². The summed E-state index contributed by atoms with van der Waals surface area (Å²) in [5, 5.41) is 3.30. The quantitative estimate of drug-likeness (QED) is 0.493. The number of hydrogen-bond donors (Lipinski definition) is 1. The maximum Gasteiger partial charge on any atom is 0.0837 e. The van der Waals surface area contributed by atoms with E-state index in [-0.39, 0.29) is 0 Å². The van der Waals surface area contributed by atoms with Crippen molar-refractivity contribution in [1.82, 2.24) is 5.32 Å². The maximum atomic E-state index is 4.28. The van der Waals surface area contributed by atoms with Crippen LogP contribution in [0, 0.1) is 0 Å². The van der Waals surface area contributed by atoms with Gasteiger partial charge in [0, 0.05) is 12.8 Å². The fourth-order valence-electron chi connectivity index (χ4n) is 1.35. The molecule has 2 rings (SSSR count). The van der Waals surface area contributed by atoms with Crippen LogP contribution >= 0.6 is 0 Å². The van der Waals surface area contributed by atoms with Crippen LogP contribution in [-0.4, -0.2) is 25.3 Å². The molecule has 1 saturated heterocycles. The molecule has 0 saturated carbocycles. The van der Waals surface area contributed by atoms with E-state index in [1.54, 1.807) is 0 Å². The van der Waals surface area contributed by atoms with E-state index in [1.807, 2.05) is 6.21 Å². The minimum Gasteiger partial charge on any atom is -0.314 e. The molecule has 9 heavy (non-hydrogen) atoms. The summed E-state index contributed by atoms with van der Waals surface area (Å²) in [6.45, 7) is 2.17. The van der Waals surface area contributed by atoms with Crippen LogP contribution in [0.25, 0.3) is 0 Å². The van der Waals surface area contributed by atoms with E-state index in [2.05, 4.69) is 16.4 Å². The second kappa shape index (κ2) is 1.95. The van der Waals surface area contributed by atoms with Crippen LogP contribution in [0.15, 0.2) is 16.6 Å². The summed E-state index contributed by atoms with van der Waals surface area (Å²) in [6, 6.07) is 0.485. The summed E-state index contributed by atoms with van der Waals surface area (Å²) in [6.07, 6.45) is 5.25. The van der Waals surface area contributed by atoms with Crippen LogP contribution in [0.1, 0.15) is 6.42 Å². The number of nitrogens with one attached hydrogen (secondary N) is 1. The first kappa shape index (κ1) is 5.18. The molecule has 0 spiro atoms. The molecule has 0 bridgehead atoms. The lowest BCUT2D eigenvalue weighted by molar-refractivity contribution is 0.560. The summed E-state index contributed by atoms with van der Waals surface area (Å²) in [5.74, 6) is 0. The third-order valence-electron chi connectivity index (χ3n) is 1.91. The highest BCUT2D eigenvalue weighted by Crippen LogP contribution is 2.16. The molecule has 1 fully saturated rings. The number of hydrogen-bond acceptors (Lipinski definition) is 2. The normalized spacial score (nSPS) is 32.0. The predicted octanol–water partition coefficient (Wildman–Crippen LogP) is 0.359. The molecule has 2 heteroatoms. The Bertz CT molecular complexity index is 170. The van der Waals surface area contributed by atoms with Gasteiger partial charge in [0.25, 0.3) is 0 Å². The Morgan fingerprint density at radius 2 is 2.67 bits per heavy atom. The minimum atomic E-state index is 0.485. The molecule has 1 unspecified atom stereocenters. The van der Waals surface area contributed by atoms with E-state index in [0.717, 1.165) is 13.1 Å². The van der Waals surface area contributed by atoms with Gasteiger partial charge < -0.3 is 5.32 Å². The van der Waals surface area contributed by atoms with E-state index in [1.165, 1.54) is 12.0 Å². The summed E-state index contributed by atoms with van der Waals surface area (Å²) < 4.78 is 0. The van der Waals surface area contributed by atoms with Gasteiger partial charge in [-0.15, -0.1) is 0 Å². The van der Waals surface area contributed by atoms with Crippen LogP contribution in [0.5, 0.6) is 0 Å². The molecule has 48 valence electrons. The maximum absolute atomic E-state index is 4.28. The first-order valence-corrected chi connectivity index (χ1v) is 3.40. The average molecular weight is 122 g/mol. The van der Waals surface area contributed by atoms with Gasteiger partial charge in [-0.3, -0.25) is 4.99 Å². The van der Waals surface area contributed by atoms with E-state index < -0.39 is 0 Å². The van der Waals surface area contributed by atoms with Crippen molar-refractivity contribution in [2.75, 3.05) is 13.1 Å². The molecule has 0 aromatic rings. The fourth-order valence-corrected chi connectivity index (χ4v) is 1.35. The molecule has 0 amide bonds. The van der Waals surface area contributed by atoms with Gasteiger partial charge in [-0.2, -0.15) is 0 Å². The first-order chi connectivity index (χ1) is 4.47. The first-order valence-electron chi connectivity index (χ1n) is 3.40. The zero-order chi connectivity index (χ0) is 6.10. The molecule has 0 aromatic heterocycles. The van der Waals surface area contributed by atoms with E-state index in [4.69, 9.17) is 0 Å². The topological polar surface area (TPSA) is 24.4 Å². The summed E-state index contributed by atoms with van der Waals surface area (Å²) >= 11 is 0. The van der Waals surface area contributed by atoms with Crippen molar-refractivity contribution in [2.45, 2.75) is 12.5 Å². The highest BCUT2D eigenvalue weighted by Gasteiger charge is 2.18. The molecule has 0 radical (unpaired) electrons. The van der Waals surface area contributed by atoms with Gasteiger partial charge >= 0.3 is 0 Å². The van der Waals surface area contributed by atoms with Crippen molar-refractivity contribution in [1.29, 1.82) is 0 Å². The average Bonchev–Trinajstić information content (AvgIpc) is 2.33. The summed E-state index contributed by atoms with van der Waals surface area (Å²) in [7, 11) is 0. The lowest BCUT2D eigenvalue weighted by atomic mass is 10.0. The van der Waals surface area contributed by atoms with Crippen molar-refractivity contribution < 1.29 is 0 Å². The largest absolute Gasteiger partial charge is 0.314 e. The lowest BCUT2D eigenvalue weighted by Gasteiger charge is -2.19. The van der Waals surface area contributed by atoms with Crippen LogP contribution in [-0.2, 0) is 0 Å². The SMILES string of the molecule is C1=NC2CNCCC2=C1. The Balaban J connectivity index is 2.16. The standard InChI is InChI=1S/C7H10N2/c1-3-8-5-7-6(1)2-4-9-7/h2,4,7-8H,1,3,5H2. The lowest BCUT2D eigenvalue weighted by Crippen LogP contribution is -2.32. The molecular formula is C7H10N2. The molecule has 0 aromatic carbocycles. The van der Waals surface area contributed by atoms with Crippen LogP contribution < -0.4 is 5.32 Å². The smallest absolute Gasteiger partial charge is 0.0837 e. The van der Waals surface area contributed by atoms with Crippen molar-refractivity contribution in [3.05, 3.63) is 11.6 Å². The molecule has 1 atom stereocenters. The number of allylic oxidation sites excluding steroid dienone is 1. The number of nitrogens with zero attached hydrogens (tertiary/aromatic N) is 1. The summed E-state index contributed by atoms with van der Waals surface area (Å²) in [5.41, 5.74) is 1.51. The van der Waals surface area contributed by atoms with Crippen LogP contribution in [0.4, 0.5) is 0 Å². The van der Waals surface area contributed by atoms with Gasteiger partial charge in [-0.1, -0.05) is 0 Å². The highest BCUT2D eigenvalue weighted by atomic mass is 15.0. The van der Waals surface area contributed by atoms with E-state index in [9.17, 15) is 0 Å². The van der Waals surface area contributed by atoms with E-state index in [0.29, 0.717) is 6.04 Å². The predicted molar refractivity (Wildman–Crippen MR) is 37.8 cm³/mol. The molecule has 2 aliphatic rings.